The van der Waals surface area contributed by atoms with Crippen molar-refractivity contribution in [3.63, 3.8) is 0 Å². The fourth-order valence-electron chi connectivity index (χ4n) is 4.75. The molecule has 0 atom stereocenters. The van der Waals surface area contributed by atoms with E-state index >= 15 is 0 Å². The minimum atomic E-state index is -0.320. The van der Waals surface area contributed by atoms with Crippen molar-refractivity contribution in [3.8, 4) is 6.07 Å². The van der Waals surface area contributed by atoms with Gasteiger partial charge in [0.15, 0.2) is 0 Å². The number of carbonyl (C=O) groups excluding carboxylic acids is 1. The molecule has 2 aliphatic rings. The number of benzene rings is 1. The molecule has 2 aromatic rings. The molecule has 1 aromatic carbocycles. The lowest BCUT2D eigenvalue weighted by atomic mass is 10.0. The topological polar surface area (TPSA) is 92.8 Å². The Hall–Kier alpha value is -2.97. The summed E-state index contributed by atoms with van der Waals surface area (Å²) >= 11 is 6.81. The van der Waals surface area contributed by atoms with Crippen LogP contribution in [-0.2, 0) is 17.9 Å². The van der Waals surface area contributed by atoms with Gasteiger partial charge in [-0.25, -0.2) is 0 Å². The lowest BCUT2D eigenvalue weighted by Gasteiger charge is -2.37. The fraction of sp³-hybridized carbons (Fsp3) is 0.407. The normalized spacial score (nSPS) is 17.6. The van der Waals surface area contributed by atoms with Gasteiger partial charge in [0, 0.05) is 44.8 Å². The van der Waals surface area contributed by atoms with Gasteiger partial charge in [0.1, 0.15) is 21.8 Å². The van der Waals surface area contributed by atoms with Crippen molar-refractivity contribution < 1.29 is 9.90 Å². The van der Waals surface area contributed by atoms with E-state index in [4.69, 9.17) is 12.2 Å². The number of aromatic nitrogens is 1. The van der Waals surface area contributed by atoms with E-state index in [-0.39, 0.29) is 23.6 Å². The number of nitriles is 1. The molecule has 37 heavy (non-hydrogen) atoms. The van der Waals surface area contributed by atoms with Crippen LogP contribution in [0.5, 0.6) is 0 Å². The van der Waals surface area contributed by atoms with Crippen LogP contribution in [0.2, 0.25) is 0 Å². The van der Waals surface area contributed by atoms with Crippen molar-refractivity contribution in [2.45, 2.75) is 33.9 Å². The van der Waals surface area contributed by atoms with Crippen molar-refractivity contribution in [2.75, 3.05) is 44.2 Å². The third kappa shape index (κ3) is 5.50. The van der Waals surface area contributed by atoms with E-state index in [1.807, 2.05) is 38.1 Å². The van der Waals surface area contributed by atoms with Gasteiger partial charge in [0.2, 0.25) is 0 Å². The molecule has 2 fully saturated rings. The van der Waals surface area contributed by atoms with E-state index in [0.29, 0.717) is 53.1 Å². The zero-order valence-electron chi connectivity index (χ0n) is 21.4. The lowest BCUT2D eigenvalue weighted by Crippen LogP contribution is -2.49. The lowest BCUT2D eigenvalue weighted by molar-refractivity contribution is -0.122. The summed E-state index contributed by atoms with van der Waals surface area (Å²) in [4.78, 5) is 33.1. The number of amides is 1. The summed E-state index contributed by atoms with van der Waals surface area (Å²) < 4.78 is 2.12. The Labute approximate surface area is 226 Å². The van der Waals surface area contributed by atoms with Gasteiger partial charge in [-0.3, -0.25) is 24.0 Å². The Morgan fingerprint density at radius 1 is 1.14 bits per heavy atom. The summed E-state index contributed by atoms with van der Waals surface area (Å²) in [5, 5.41) is 19.1. The molecule has 8 nitrogen and oxygen atoms in total. The molecule has 0 saturated carbocycles. The molecule has 10 heteroatoms. The minimum absolute atomic E-state index is 0.0888. The number of anilines is 1. The third-order valence-electron chi connectivity index (χ3n) is 6.86. The van der Waals surface area contributed by atoms with Crippen LogP contribution in [0.1, 0.15) is 34.7 Å². The Balaban J connectivity index is 1.75. The summed E-state index contributed by atoms with van der Waals surface area (Å²) in [6.45, 7) is 9.99. The molecule has 3 heterocycles. The second-order valence-electron chi connectivity index (χ2n) is 9.20. The molecule has 0 bridgehead atoms. The Bertz CT molecular complexity index is 1340. The second-order valence-corrected chi connectivity index (χ2v) is 10.9. The van der Waals surface area contributed by atoms with Gasteiger partial charge in [-0.1, -0.05) is 53.8 Å². The summed E-state index contributed by atoms with van der Waals surface area (Å²) in [7, 11) is 0. The van der Waals surface area contributed by atoms with Crippen LogP contribution < -0.4 is 10.5 Å². The molecule has 4 rings (SSSR count). The largest absolute Gasteiger partial charge is 0.395 e. The minimum Gasteiger partial charge on any atom is -0.395 e. The second kappa shape index (κ2) is 11.6. The zero-order chi connectivity index (χ0) is 26.7. The molecule has 0 unspecified atom stereocenters. The van der Waals surface area contributed by atoms with Crippen LogP contribution >= 0.6 is 24.0 Å². The van der Waals surface area contributed by atoms with Gasteiger partial charge in [-0.15, -0.1) is 0 Å². The predicted octanol–water partition coefficient (Wildman–Crippen LogP) is 2.87. The summed E-state index contributed by atoms with van der Waals surface area (Å²) in [6.07, 6.45) is 1.80. The standard InChI is InChI=1S/C27H31N5O3S2/c1-4-31-24(30-11-9-29(10-12-30)13-14-33)21(19(3)22(16-28)25(31)34)15-23-26(35)32(27(36)37-23)17-20-7-5-18(2)6-8-20/h5-8,15,33H,4,9-14,17H2,1-3H3. The first-order valence-electron chi connectivity index (χ1n) is 12.4. The van der Waals surface area contributed by atoms with Crippen LogP contribution in [0.15, 0.2) is 34.0 Å². The molecule has 2 aliphatic heterocycles. The first-order chi connectivity index (χ1) is 17.8. The average Bonchev–Trinajstić information content (AvgIpc) is 3.15. The number of rotatable bonds is 7. The number of hydrogen-bond acceptors (Lipinski definition) is 8. The van der Waals surface area contributed by atoms with Crippen LogP contribution in [0.25, 0.3) is 6.08 Å². The van der Waals surface area contributed by atoms with Crippen molar-refractivity contribution in [3.05, 3.63) is 67.3 Å². The number of carbonyl (C=O) groups is 1. The number of β-amino-alcohol motifs (C(OH)–C–C–N with tert-alkyl or cyclic N) is 1. The Kier molecular flexibility index (Phi) is 8.49. The molecule has 0 radical (unpaired) electrons. The number of hydrogen-bond donors (Lipinski definition) is 1. The number of thiocarbonyl (C=S) groups is 1. The van der Waals surface area contributed by atoms with E-state index in [0.717, 1.165) is 30.0 Å². The maximum absolute atomic E-state index is 13.5. The molecule has 2 saturated heterocycles. The first kappa shape index (κ1) is 27.1. The molecule has 194 valence electrons. The highest BCUT2D eigenvalue weighted by atomic mass is 32.2. The Morgan fingerprint density at radius 2 is 1.81 bits per heavy atom. The molecule has 1 N–H and O–H groups in total. The fourth-order valence-corrected chi connectivity index (χ4v) is 5.98. The van der Waals surface area contributed by atoms with Crippen molar-refractivity contribution in [1.29, 1.82) is 5.26 Å². The SMILES string of the molecule is CCn1c(N2CCN(CCO)CC2)c(C=C2SC(=S)N(Cc3ccc(C)cc3)C2=O)c(C)c(C#N)c1=O. The molecule has 1 aromatic heterocycles. The predicted molar refractivity (Wildman–Crippen MR) is 151 cm³/mol. The van der Waals surface area contributed by atoms with Gasteiger partial charge in [0.05, 0.1) is 18.1 Å². The molecule has 0 spiro atoms. The van der Waals surface area contributed by atoms with E-state index in [9.17, 15) is 20.0 Å². The third-order valence-corrected chi connectivity index (χ3v) is 8.24. The van der Waals surface area contributed by atoms with E-state index in [1.54, 1.807) is 22.5 Å². The molecular formula is C27H31N5O3S2. The van der Waals surface area contributed by atoms with Crippen LogP contribution in [0, 0.1) is 25.2 Å². The molecule has 1 amide bonds. The van der Waals surface area contributed by atoms with Gasteiger partial charge in [-0.05, 0) is 38.0 Å². The number of aliphatic hydroxyl groups excluding tert-OH is 1. The van der Waals surface area contributed by atoms with Crippen LogP contribution in [-0.4, -0.2) is 69.0 Å². The molecular weight excluding hydrogens is 506 g/mol. The van der Waals surface area contributed by atoms with E-state index in [1.165, 1.54) is 11.8 Å². The highest BCUT2D eigenvalue weighted by Crippen LogP contribution is 2.36. The highest BCUT2D eigenvalue weighted by Gasteiger charge is 2.33. The smallest absolute Gasteiger partial charge is 0.270 e. The van der Waals surface area contributed by atoms with E-state index in [2.05, 4.69) is 15.9 Å². The highest BCUT2D eigenvalue weighted by molar-refractivity contribution is 8.26. The number of aryl methyl sites for hydroxylation is 1. The number of aliphatic hydroxyl groups is 1. The summed E-state index contributed by atoms with van der Waals surface area (Å²) in [6, 6.07) is 10.1. The van der Waals surface area contributed by atoms with Crippen molar-refractivity contribution >= 4 is 46.1 Å². The quantitative estimate of drug-likeness (QED) is 0.426. The first-order valence-corrected chi connectivity index (χ1v) is 13.6. The van der Waals surface area contributed by atoms with Crippen molar-refractivity contribution in [1.82, 2.24) is 14.4 Å². The maximum atomic E-state index is 13.5. The van der Waals surface area contributed by atoms with Gasteiger partial charge >= 0.3 is 0 Å². The van der Waals surface area contributed by atoms with Crippen LogP contribution in [0.4, 0.5) is 5.82 Å². The summed E-state index contributed by atoms with van der Waals surface area (Å²) in [5.74, 6) is 0.540. The van der Waals surface area contributed by atoms with E-state index < -0.39 is 0 Å². The van der Waals surface area contributed by atoms with Crippen LogP contribution in [0.3, 0.4) is 0 Å². The average molecular weight is 538 g/mol. The number of piperazine rings is 1. The zero-order valence-corrected chi connectivity index (χ0v) is 23.0. The number of pyridine rings is 1. The van der Waals surface area contributed by atoms with Crippen molar-refractivity contribution in [2.24, 2.45) is 0 Å². The Morgan fingerprint density at radius 3 is 2.41 bits per heavy atom. The maximum Gasteiger partial charge on any atom is 0.270 e. The van der Waals surface area contributed by atoms with Gasteiger partial charge in [0.25, 0.3) is 11.5 Å². The number of thioether (sulfide) groups is 1. The van der Waals surface area contributed by atoms with Gasteiger partial charge in [-0.2, -0.15) is 5.26 Å². The molecule has 0 aliphatic carbocycles. The summed E-state index contributed by atoms with van der Waals surface area (Å²) in [5.41, 5.74) is 3.17. The van der Waals surface area contributed by atoms with Gasteiger partial charge < -0.3 is 10.0 Å². The number of nitrogens with zero attached hydrogens (tertiary/aromatic N) is 5. The monoisotopic (exact) mass is 537 g/mol.